The molecule has 9 aromatic rings. The van der Waals surface area contributed by atoms with Crippen LogP contribution in [0.4, 0.5) is 21.3 Å². The Labute approximate surface area is 448 Å². The minimum absolute atomic E-state index is 0.0566. The van der Waals surface area contributed by atoms with Crippen molar-refractivity contribution in [2.75, 3.05) is 23.4 Å². The quantitative estimate of drug-likeness (QED) is 0.0505. The maximum absolute atomic E-state index is 16.8. The number of esters is 1. The molecule has 6 atom stereocenters. The number of hydrogen-bond donors (Lipinski definition) is 2. The van der Waals surface area contributed by atoms with Crippen molar-refractivity contribution in [2.24, 2.45) is 5.92 Å². The maximum Gasteiger partial charge on any atom is 0.421 e. The van der Waals surface area contributed by atoms with E-state index in [9.17, 15) is 15.2 Å². The van der Waals surface area contributed by atoms with Crippen LogP contribution in [0.1, 0.15) is 51.6 Å². The number of carbonyl (C=O) groups excluding carboxylic acids is 4. The second-order valence-corrected chi connectivity index (χ2v) is 19.8. The molecule has 3 aliphatic rings. The van der Waals surface area contributed by atoms with Crippen molar-refractivity contribution < 1.29 is 43.4 Å². The Kier molecular flexibility index (Phi) is 12.9. The number of fused-ring (bicyclic) bond motifs is 5. The molecule has 2 N–H and O–H groups in total. The third kappa shape index (κ3) is 8.63. The Morgan fingerprint density at radius 3 is 2.28 bits per heavy atom. The average Bonchev–Trinajstić information content (AvgIpc) is 4.42. The van der Waals surface area contributed by atoms with E-state index in [1.165, 1.54) is 35.6 Å². The van der Waals surface area contributed by atoms with E-state index in [0.29, 0.717) is 44.6 Å². The Morgan fingerprint density at radius 2 is 1.53 bits per heavy atom. The molecule has 386 valence electrons. The number of non-ortho nitro benzene ring substituents is 1. The van der Waals surface area contributed by atoms with Gasteiger partial charge in [-0.2, -0.15) is 0 Å². The second-order valence-electron chi connectivity index (χ2n) is 18.8. The van der Waals surface area contributed by atoms with E-state index in [0.717, 1.165) is 15.1 Å². The number of anilines is 2. The molecule has 2 fully saturated rings. The number of carbonyl (C=O) groups is 4. The van der Waals surface area contributed by atoms with Crippen LogP contribution in [0.3, 0.4) is 0 Å². The van der Waals surface area contributed by atoms with Crippen LogP contribution in [0, 0.1) is 27.9 Å². The summed E-state index contributed by atoms with van der Waals surface area (Å²) in [6.45, 7) is -0.647. The highest BCUT2D eigenvalue weighted by molar-refractivity contribution is 7.22. The van der Waals surface area contributed by atoms with Gasteiger partial charge in [-0.1, -0.05) is 125 Å². The number of aromatic nitrogens is 4. The molecule has 12 rings (SSSR count). The van der Waals surface area contributed by atoms with Crippen LogP contribution in [-0.2, 0) is 42.4 Å². The lowest BCUT2D eigenvalue weighted by molar-refractivity contribution is -0.384. The number of imide groups is 1. The Bertz CT molecular complexity index is 3850. The van der Waals surface area contributed by atoms with Crippen molar-refractivity contribution in [1.29, 1.82) is 0 Å². The molecule has 7 aromatic carbocycles. The molecule has 0 saturated carbocycles. The fourth-order valence-corrected chi connectivity index (χ4v) is 12.1. The van der Waals surface area contributed by atoms with Gasteiger partial charge in [-0.15, -0.1) is 5.10 Å². The molecule has 0 bridgehead atoms. The summed E-state index contributed by atoms with van der Waals surface area (Å²) < 4.78 is 21.0. The van der Waals surface area contributed by atoms with Gasteiger partial charge in [0.1, 0.15) is 48.6 Å². The molecular weight excluding hydrogens is 1010 g/mol. The fourth-order valence-electron chi connectivity index (χ4n) is 11.2. The topological polar surface area (TPSA) is 221 Å². The van der Waals surface area contributed by atoms with E-state index < -0.39 is 71.0 Å². The predicted molar refractivity (Wildman–Crippen MR) is 287 cm³/mol. The Hall–Kier alpha value is -9.61. The summed E-state index contributed by atoms with van der Waals surface area (Å²) in [5.74, 6) is 2.58. The molecule has 0 aliphatic carbocycles. The van der Waals surface area contributed by atoms with Crippen molar-refractivity contribution in [3.63, 3.8) is 0 Å². The number of ether oxygens (including phenoxy) is 3. The number of morpholine rings is 1. The molecule has 18 nitrogen and oxygen atoms in total. The van der Waals surface area contributed by atoms with Gasteiger partial charge in [0.25, 0.3) is 5.69 Å². The molecule has 3 aliphatic heterocycles. The molecule has 78 heavy (non-hydrogen) atoms. The molecule has 1 spiro atoms. The van der Waals surface area contributed by atoms with E-state index >= 15 is 19.2 Å². The van der Waals surface area contributed by atoms with Crippen LogP contribution < -0.4 is 15.0 Å². The lowest BCUT2D eigenvalue weighted by atomic mass is 9.65. The number of nitrogens with zero attached hydrogens (tertiary/aromatic N) is 7. The average molecular weight is 1060 g/mol. The number of thiazole rings is 1. The second kappa shape index (κ2) is 20.5. The third-order valence-corrected chi connectivity index (χ3v) is 15.3. The van der Waals surface area contributed by atoms with Crippen LogP contribution in [0.25, 0.3) is 21.3 Å². The van der Waals surface area contributed by atoms with Crippen LogP contribution in [0.15, 0.2) is 176 Å². The first kappa shape index (κ1) is 49.3. The van der Waals surface area contributed by atoms with Crippen LogP contribution in [0.2, 0.25) is 0 Å². The predicted octanol–water partition coefficient (Wildman–Crippen LogP) is 9.01. The number of rotatable bonds is 12. The fraction of sp³-hybridized carbons (Fsp3) is 0.169. The highest BCUT2D eigenvalue weighted by Gasteiger charge is 2.76. The molecule has 3 amide bonds. The van der Waals surface area contributed by atoms with Gasteiger partial charge in [-0.05, 0) is 94.5 Å². The monoisotopic (exact) mass is 1060 g/mol. The summed E-state index contributed by atoms with van der Waals surface area (Å²) >= 11 is 1.21. The van der Waals surface area contributed by atoms with E-state index in [4.69, 9.17) is 19.2 Å². The first-order chi connectivity index (χ1) is 38.1. The van der Waals surface area contributed by atoms with Crippen molar-refractivity contribution in [3.05, 3.63) is 219 Å². The number of aliphatic hydroxyl groups is 1. The SMILES string of the molecule is O=C1OC(c2ccccc2)C(c2ccccc2)N2C1C(C(=O)Nc1nc3ccccc3s1)C1(C(=O)N(C(=O)OCc3ccc([N+](=O)[O-])cc3)c3ccc(C#CCn4nnc5ccccc54)cc31)C2c1cccc(OCCO)c1. The minimum Gasteiger partial charge on any atom is -0.491 e. The number of amides is 3. The van der Waals surface area contributed by atoms with Gasteiger partial charge >= 0.3 is 12.1 Å². The number of benzene rings is 7. The van der Waals surface area contributed by atoms with Crippen LogP contribution in [0.5, 0.6) is 5.75 Å². The molecule has 2 aromatic heterocycles. The summed E-state index contributed by atoms with van der Waals surface area (Å²) in [5, 5.41) is 33.2. The summed E-state index contributed by atoms with van der Waals surface area (Å²) in [5.41, 5.74) is 2.45. The number of hydrogen-bond acceptors (Lipinski definition) is 15. The standard InChI is InChI=1S/C59H44N8O10S/c68-31-32-75-42-19-11-18-40(34-42)53-59(49(54(69)61-57-60-45-21-8-10-23-48(45)78-57)51-55(70)77-52(39-16-5-2-6-17-39)50(66(51)53)38-14-3-1-4-15-38)43-33-36(13-12-30-64-47-22-9-7-20-44(47)62-63-64)26-29-46(43)65(56(59)71)58(72)76-35-37-24-27-41(28-25-37)67(73)74/h1-11,14-29,33-34,49-53,68H,30-32,35H2,(H,60,61,69). The number of nitro benzene ring substituents is 1. The van der Waals surface area contributed by atoms with Crippen molar-refractivity contribution in [3.8, 4) is 17.6 Å². The number of nitrogens with one attached hydrogen (secondary N) is 1. The number of aliphatic hydroxyl groups excluding tert-OH is 1. The van der Waals surface area contributed by atoms with E-state index in [1.54, 1.807) is 53.2 Å². The zero-order chi connectivity index (χ0) is 53.5. The van der Waals surface area contributed by atoms with E-state index in [2.05, 4.69) is 27.5 Å². The number of nitro groups is 1. The Balaban J connectivity index is 1.10. The Morgan fingerprint density at radius 1 is 0.808 bits per heavy atom. The lowest BCUT2D eigenvalue weighted by Gasteiger charge is -2.46. The first-order valence-corrected chi connectivity index (χ1v) is 25.7. The molecule has 19 heteroatoms. The minimum atomic E-state index is -2.21. The van der Waals surface area contributed by atoms with Gasteiger partial charge in [0.05, 0.1) is 51.0 Å². The highest BCUT2D eigenvalue weighted by atomic mass is 32.1. The van der Waals surface area contributed by atoms with E-state index in [1.807, 2.05) is 108 Å². The van der Waals surface area contributed by atoms with Crippen molar-refractivity contribution >= 4 is 73.0 Å². The normalized spacial score (nSPS) is 20.4. The third-order valence-electron chi connectivity index (χ3n) is 14.4. The molecule has 6 unspecified atom stereocenters. The zero-order valence-electron chi connectivity index (χ0n) is 41.1. The van der Waals surface area contributed by atoms with Crippen molar-refractivity contribution in [2.45, 2.75) is 42.8 Å². The first-order valence-electron chi connectivity index (χ1n) is 24.9. The molecular formula is C59H44N8O10S. The van der Waals surface area contributed by atoms with Crippen LogP contribution in [-0.4, -0.2) is 78.0 Å². The molecule has 0 radical (unpaired) electrons. The smallest absolute Gasteiger partial charge is 0.421 e. The summed E-state index contributed by atoms with van der Waals surface area (Å²) in [7, 11) is 0. The highest BCUT2D eigenvalue weighted by Crippen LogP contribution is 2.66. The van der Waals surface area contributed by atoms with Gasteiger partial charge in [0.15, 0.2) is 5.13 Å². The van der Waals surface area contributed by atoms with Gasteiger partial charge in [0.2, 0.25) is 11.8 Å². The molecule has 5 heterocycles. The summed E-state index contributed by atoms with van der Waals surface area (Å²) in [6.07, 6.45) is -2.12. The van der Waals surface area contributed by atoms with Crippen LogP contribution >= 0.6 is 11.3 Å². The molecule has 2 saturated heterocycles. The maximum atomic E-state index is 16.8. The zero-order valence-corrected chi connectivity index (χ0v) is 41.9. The summed E-state index contributed by atoms with van der Waals surface area (Å²) in [4.78, 5) is 82.1. The van der Waals surface area contributed by atoms with Gasteiger partial charge in [-0.25, -0.2) is 19.4 Å². The lowest BCUT2D eigenvalue weighted by Crippen LogP contribution is -2.54. The van der Waals surface area contributed by atoms with Gasteiger partial charge < -0.3 is 24.6 Å². The number of para-hydroxylation sites is 2. The number of cyclic esters (lactones) is 1. The van der Waals surface area contributed by atoms with E-state index in [-0.39, 0.29) is 41.8 Å². The largest absolute Gasteiger partial charge is 0.491 e. The van der Waals surface area contributed by atoms with Gasteiger partial charge in [-0.3, -0.25) is 29.4 Å². The summed E-state index contributed by atoms with van der Waals surface area (Å²) in [6, 6.07) is 46.9. The van der Waals surface area contributed by atoms with Gasteiger partial charge in [0, 0.05) is 17.7 Å². The van der Waals surface area contributed by atoms with Crippen molar-refractivity contribution in [1.82, 2.24) is 24.9 Å².